The van der Waals surface area contributed by atoms with E-state index in [4.69, 9.17) is 4.74 Å². The Labute approximate surface area is 141 Å². The molecule has 1 aliphatic heterocycles. The van der Waals surface area contributed by atoms with Gasteiger partial charge in [-0.3, -0.25) is 4.79 Å². The van der Waals surface area contributed by atoms with Gasteiger partial charge in [-0.1, -0.05) is 18.2 Å². The summed E-state index contributed by atoms with van der Waals surface area (Å²) < 4.78 is 5.41. The Morgan fingerprint density at radius 1 is 1.29 bits per heavy atom. The highest BCUT2D eigenvalue weighted by atomic mass is 16.6. The number of benzene rings is 1. The van der Waals surface area contributed by atoms with E-state index in [0.717, 1.165) is 10.9 Å². The molecule has 1 saturated heterocycles. The van der Waals surface area contributed by atoms with Crippen molar-refractivity contribution in [2.24, 2.45) is 0 Å². The van der Waals surface area contributed by atoms with Crippen LogP contribution in [0, 0.1) is 0 Å². The Kier molecular flexibility index (Phi) is 4.22. The molecule has 0 spiro atoms. The maximum atomic E-state index is 12.6. The number of hydrogen-bond donors (Lipinski definition) is 2. The van der Waals surface area contributed by atoms with Gasteiger partial charge in [-0.25, -0.2) is 4.79 Å². The zero-order chi connectivity index (χ0) is 17.3. The minimum atomic E-state index is -0.438. The largest absolute Gasteiger partial charge is 0.444 e. The van der Waals surface area contributed by atoms with Gasteiger partial charge in [-0.2, -0.15) is 0 Å². The number of likely N-dealkylation sites (tertiary alicyclic amines) is 1. The van der Waals surface area contributed by atoms with Gasteiger partial charge in [0.1, 0.15) is 11.8 Å². The molecule has 2 N–H and O–H groups in total. The summed E-state index contributed by atoms with van der Waals surface area (Å²) in [5, 5.41) is 3.78. The molecule has 1 aromatic carbocycles. The quantitative estimate of drug-likeness (QED) is 0.889. The number of carbonyl (C=O) groups excluding carboxylic acids is 2. The van der Waals surface area contributed by atoms with Gasteiger partial charge in [-0.15, -0.1) is 0 Å². The zero-order valence-corrected chi connectivity index (χ0v) is 14.3. The number of aromatic amines is 1. The van der Waals surface area contributed by atoms with Crippen LogP contribution in [0.25, 0.3) is 10.9 Å². The second-order valence-electron chi connectivity index (χ2n) is 7.21. The molecule has 0 saturated carbocycles. The van der Waals surface area contributed by atoms with Crippen molar-refractivity contribution < 1.29 is 14.3 Å². The van der Waals surface area contributed by atoms with E-state index in [0.29, 0.717) is 25.2 Å². The van der Waals surface area contributed by atoms with E-state index < -0.39 is 6.09 Å². The van der Waals surface area contributed by atoms with Gasteiger partial charge in [0.25, 0.3) is 5.91 Å². The first kappa shape index (κ1) is 16.4. The lowest BCUT2D eigenvalue weighted by atomic mass is 10.1. The molecule has 0 radical (unpaired) electrons. The van der Waals surface area contributed by atoms with Crippen LogP contribution < -0.4 is 5.32 Å². The van der Waals surface area contributed by atoms with Crippen molar-refractivity contribution in [3.8, 4) is 0 Å². The van der Waals surface area contributed by atoms with Crippen LogP contribution in [0.3, 0.4) is 0 Å². The highest BCUT2D eigenvalue weighted by Crippen LogP contribution is 2.20. The first-order chi connectivity index (χ1) is 11.3. The van der Waals surface area contributed by atoms with Gasteiger partial charge in [-0.05, 0) is 32.9 Å². The van der Waals surface area contributed by atoms with Crippen LogP contribution in [0.4, 0.5) is 4.79 Å². The number of amides is 2. The van der Waals surface area contributed by atoms with E-state index in [1.165, 1.54) is 0 Å². The fourth-order valence-electron chi connectivity index (χ4n) is 2.85. The summed E-state index contributed by atoms with van der Waals surface area (Å²) >= 11 is 0. The SMILES string of the molecule is CC(C)(C)NC(=O)OC1CCN(C(=O)c2cc3ccccc3[nH]2)C1. The summed E-state index contributed by atoms with van der Waals surface area (Å²) in [5.74, 6) is -0.0615. The van der Waals surface area contributed by atoms with Gasteiger partial charge in [0.15, 0.2) is 0 Å². The van der Waals surface area contributed by atoms with Crippen LogP contribution in [0.15, 0.2) is 30.3 Å². The molecular formula is C18H23N3O3. The topological polar surface area (TPSA) is 74.4 Å². The number of hydrogen-bond acceptors (Lipinski definition) is 3. The van der Waals surface area contributed by atoms with Crippen LogP contribution in [0.1, 0.15) is 37.7 Å². The molecule has 6 heteroatoms. The van der Waals surface area contributed by atoms with E-state index in [-0.39, 0.29) is 17.6 Å². The van der Waals surface area contributed by atoms with Crippen molar-refractivity contribution in [2.75, 3.05) is 13.1 Å². The summed E-state index contributed by atoms with van der Waals surface area (Å²) in [5.41, 5.74) is 1.17. The molecule has 0 bridgehead atoms. The van der Waals surface area contributed by atoms with Gasteiger partial charge >= 0.3 is 6.09 Å². The van der Waals surface area contributed by atoms with Crippen molar-refractivity contribution >= 4 is 22.9 Å². The summed E-state index contributed by atoms with van der Waals surface area (Å²) in [7, 11) is 0. The number of alkyl carbamates (subject to hydrolysis) is 1. The summed E-state index contributed by atoms with van der Waals surface area (Å²) in [6, 6.07) is 9.64. The molecule has 1 unspecified atom stereocenters. The molecule has 2 heterocycles. The predicted octanol–water partition coefficient (Wildman–Crippen LogP) is 2.91. The summed E-state index contributed by atoms with van der Waals surface area (Å²) in [6.45, 7) is 6.70. The number of fused-ring (bicyclic) bond motifs is 1. The van der Waals surface area contributed by atoms with Crippen LogP contribution in [-0.4, -0.2) is 46.6 Å². The molecule has 2 aromatic rings. The average Bonchev–Trinajstić information content (AvgIpc) is 3.10. The normalized spacial score (nSPS) is 18.0. The van der Waals surface area contributed by atoms with Crippen molar-refractivity contribution in [1.82, 2.24) is 15.2 Å². The van der Waals surface area contributed by atoms with E-state index in [2.05, 4.69) is 10.3 Å². The smallest absolute Gasteiger partial charge is 0.407 e. The fourth-order valence-corrected chi connectivity index (χ4v) is 2.85. The Hall–Kier alpha value is -2.50. The molecule has 3 rings (SSSR count). The number of rotatable bonds is 2. The summed E-state index contributed by atoms with van der Waals surface area (Å²) in [4.78, 5) is 29.3. The molecule has 24 heavy (non-hydrogen) atoms. The van der Waals surface area contributed by atoms with Crippen LogP contribution in [0.2, 0.25) is 0 Å². The average molecular weight is 329 g/mol. The lowest BCUT2D eigenvalue weighted by Gasteiger charge is -2.22. The number of H-pyrrole nitrogens is 1. The third-order valence-electron chi connectivity index (χ3n) is 3.94. The van der Waals surface area contributed by atoms with Gasteiger partial charge in [0.05, 0.1) is 6.54 Å². The predicted molar refractivity (Wildman–Crippen MR) is 92.0 cm³/mol. The molecule has 1 atom stereocenters. The second-order valence-corrected chi connectivity index (χ2v) is 7.21. The van der Waals surface area contributed by atoms with Crippen molar-refractivity contribution in [1.29, 1.82) is 0 Å². The third-order valence-corrected chi connectivity index (χ3v) is 3.94. The molecule has 128 valence electrons. The Balaban J connectivity index is 1.60. The fraction of sp³-hybridized carbons (Fsp3) is 0.444. The van der Waals surface area contributed by atoms with E-state index in [1.807, 2.05) is 51.1 Å². The maximum Gasteiger partial charge on any atom is 0.407 e. The molecule has 1 fully saturated rings. The van der Waals surface area contributed by atoms with Gasteiger partial charge in [0.2, 0.25) is 0 Å². The second kappa shape index (κ2) is 6.19. The molecule has 1 aliphatic rings. The molecule has 1 aromatic heterocycles. The standard InChI is InChI=1S/C18H23N3O3/c1-18(2,3)20-17(23)24-13-8-9-21(11-13)16(22)15-10-12-6-4-5-7-14(12)19-15/h4-7,10,13,19H,8-9,11H2,1-3H3,(H,20,23). The Morgan fingerprint density at radius 2 is 2.04 bits per heavy atom. The number of ether oxygens (including phenoxy) is 1. The lowest BCUT2D eigenvalue weighted by Crippen LogP contribution is -2.42. The van der Waals surface area contributed by atoms with E-state index in [1.54, 1.807) is 4.90 Å². The van der Waals surface area contributed by atoms with Crippen molar-refractivity contribution in [3.63, 3.8) is 0 Å². The minimum absolute atomic E-state index is 0.0615. The number of aromatic nitrogens is 1. The maximum absolute atomic E-state index is 12.6. The Bertz CT molecular complexity index is 727. The van der Waals surface area contributed by atoms with Crippen molar-refractivity contribution in [2.45, 2.75) is 38.8 Å². The number of nitrogens with one attached hydrogen (secondary N) is 2. The highest BCUT2D eigenvalue weighted by molar-refractivity contribution is 5.98. The van der Waals surface area contributed by atoms with Crippen LogP contribution >= 0.6 is 0 Å². The van der Waals surface area contributed by atoms with E-state index >= 15 is 0 Å². The first-order valence-electron chi connectivity index (χ1n) is 8.18. The minimum Gasteiger partial charge on any atom is -0.444 e. The molecule has 6 nitrogen and oxygen atoms in total. The number of carbonyl (C=O) groups is 2. The van der Waals surface area contributed by atoms with Crippen molar-refractivity contribution in [3.05, 3.63) is 36.0 Å². The first-order valence-corrected chi connectivity index (χ1v) is 8.18. The molecule has 2 amide bonds. The van der Waals surface area contributed by atoms with E-state index in [9.17, 15) is 9.59 Å². The number of nitrogens with zero attached hydrogens (tertiary/aromatic N) is 1. The monoisotopic (exact) mass is 329 g/mol. The third kappa shape index (κ3) is 3.69. The van der Waals surface area contributed by atoms with Gasteiger partial charge in [0, 0.05) is 29.4 Å². The zero-order valence-electron chi connectivity index (χ0n) is 14.3. The van der Waals surface area contributed by atoms with Crippen LogP contribution in [0.5, 0.6) is 0 Å². The highest BCUT2D eigenvalue weighted by Gasteiger charge is 2.30. The van der Waals surface area contributed by atoms with Gasteiger partial charge < -0.3 is 19.9 Å². The molecular weight excluding hydrogens is 306 g/mol. The number of para-hydroxylation sites is 1. The Morgan fingerprint density at radius 3 is 2.75 bits per heavy atom. The molecule has 0 aliphatic carbocycles. The lowest BCUT2D eigenvalue weighted by molar-refractivity contribution is 0.0712. The van der Waals surface area contributed by atoms with Crippen LogP contribution in [-0.2, 0) is 4.74 Å². The summed E-state index contributed by atoms with van der Waals surface area (Å²) in [6.07, 6.45) is -0.0446.